The van der Waals surface area contributed by atoms with Crippen molar-refractivity contribution in [3.8, 4) is 0 Å². The SMILES string of the molecule is CCCNC(=O)c1cccc(S(=O)(=O)NCCc2cccc(Cl)c2)c1. The first-order valence-corrected chi connectivity index (χ1v) is 9.91. The van der Waals surface area contributed by atoms with Crippen LogP contribution in [0, 0.1) is 0 Å². The molecule has 134 valence electrons. The molecule has 0 unspecified atom stereocenters. The molecule has 0 atom stereocenters. The molecule has 0 saturated heterocycles. The van der Waals surface area contributed by atoms with Gasteiger partial charge in [0.15, 0.2) is 0 Å². The lowest BCUT2D eigenvalue weighted by Gasteiger charge is -2.09. The monoisotopic (exact) mass is 380 g/mol. The van der Waals surface area contributed by atoms with Crippen molar-refractivity contribution in [3.05, 3.63) is 64.7 Å². The average Bonchev–Trinajstić information content (AvgIpc) is 2.59. The minimum absolute atomic E-state index is 0.0720. The minimum Gasteiger partial charge on any atom is -0.352 e. The fourth-order valence-electron chi connectivity index (χ4n) is 2.25. The van der Waals surface area contributed by atoms with E-state index < -0.39 is 10.0 Å². The molecule has 0 aliphatic carbocycles. The number of benzene rings is 2. The molecule has 2 aromatic rings. The molecule has 2 N–H and O–H groups in total. The van der Waals surface area contributed by atoms with Crippen LogP contribution in [0.15, 0.2) is 53.4 Å². The van der Waals surface area contributed by atoms with Crippen molar-refractivity contribution < 1.29 is 13.2 Å². The second kappa shape index (κ2) is 8.99. The van der Waals surface area contributed by atoms with Crippen LogP contribution in [0.3, 0.4) is 0 Å². The third-order valence-electron chi connectivity index (χ3n) is 3.54. The van der Waals surface area contributed by atoms with Gasteiger partial charge in [0.2, 0.25) is 10.0 Å². The topological polar surface area (TPSA) is 75.3 Å². The highest BCUT2D eigenvalue weighted by Crippen LogP contribution is 2.13. The highest BCUT2D eigenvalue weighted by atomic mass is 35.5. The molecule has 25 heavy (non-hydrogen) atoms. The maximum atomic E-state index is 12.4. The fraction of sp³-hybridized carbons (Fsp3) is 0.278. The summed E-state index contributed by atoms with van der Waals surface area (Å²) >= 11 is 5.92. The zero-order valence-corrected chi connectivity index (χ0v) is 15.5. The Hall–Kier alpha value is -1.89. The van der Waals surface area contributed by atoms with Crippen molar-refractivity contribution in [1.82, 2.24) is 10.0 Å². The molecule has 0 bridgehead atoms. The Morgan fingerprint density at radius 3 is 2.56 bits per heavy atom. The molecular formula is C18H21ClN2O3S. The Morgan fingerprint density at radius 1 is 1.08 bits per heavy atom. The van der Waals surface area contributed by atoms with Gasteiger partial charge in [-0.15, -0.1) is 0 Å². The zero-order chi connectivity index (χ0) is 18.3. The summed E-state index contributed by atoms with van der Waals surface area (Å²) in [6, 6.07) is 13.3. The minimum atomic E-state index is -3.68. The van der Waals surface area contributed by atoms with Crippen LogP contribution in [0.1, 0.15) is 29.3 Å². The second-order valence-electron chi connectivity index (χ2n) is 5.56. The average molecular weight is 381 g/mol. The van der Waals surface area contributed by atoms with Gasteiger partial charge in [0.05, 0.1) is 4.90 Å². The maximum Gasteiger partial charge on any atom is 0.251 e. The molecule has 0 aliphatic rings. The number of carbonyl (C=O) groups is 1. The summed E-state index contributed by atoms with van der Waals surface area (Å²) in [4.78, 5) is 12.0. The molecular weight excluding hydrogens is 360 g/mol. The number of halogens is 1. The second-order valence-corrected chi connectivity index (χ2v) is 7.76. The lowest BCUT2D eigenvalue weighted by atomic mass is 10.2. The number of sulfonamides is 1. The highest BCUT2D eigenvalue weighted by molar-refractivity contribution is 7.89. The summed E-state index contributed by atoms with van der Waals surface area (Å²) in [5, 5.41) is 3.35. The quantitative estimate of drug-likeness (QED) is 0.739. The lowest BCUT2D eigenvalue weighted by Crippen LogP contribution is -2.27. The van der Waals surface area contributed by atoms with E-state index in [0.717, 1.165) is 12.0 Å². The van der Waals surface area contributed by atoms with Gasteiger partial charge in [-0.3, -0.25) is 4.79 Å². The number of amides is 1. The molecule has 1 amide bonds. The summed E-state index contributed by atoms with van der Waals surface area (Å²) < 4.78 is 27.4. The number of hydrogen-bond donors (Lipinski definition) is 2. The lowest BCUT2D eigenvalue weighted by molar-refractivity contribution is 0.0953. The summed E-state index contributed by atoms with van der Waals surface area (Å²) in [6.07, 6.45) is 1.34. The van der Waals surface area contributed by atoms with Gasteiger partial charge in [0.1, 0.15) is 0 Å². The molecule has 0 aliphatic heterocycles. The summed E-state index contributed by atoms with van der Waals surface area (Å²) in [5.41, 5.74) is 1.27. The number of carbonyl (C=O) groups excluding carboxylic acids is 1. The van der Waals surface area contributed by atoms with Crippen molar-refractivity contribution in [1.29, 1.82) is 0 Å². The van der Waals surface area contributed by atoms with Crippen LogP contribution in [-0.2, 0) is 16.4 Å². The molecule has 0 radical (unpaired) electrons. The summed E-state index contributed by atoms with van der Waals surface area (Å²) in [5.74, 6) is -0.280. The van der Waals surface area contributed by atoms with E-state index in [-0.39, 0.29) is 17.3 Å². The highest BCUT2D eigenvalue weighted by Gasteiger charge is 2.15. The molecule has 2 rings (SSSR count). The van der Waals surface area contributed by atoms with E-state index in [9.17, 15) is 13.2 Å². The molecule has 2 aromatic carbocycles. The first-order valence-electron chi connectivity index (χ1n) is 8.05. The standard InChI is InChI=1S/C18H21ClN2O3S/c1-2-10-20-18(22)15-6-4-8-17(13-15)25(23,24)21-11-9-14-5-3-7-16(19)12-14/h3-8,12-13,21H,2,9-11H2,1H3,(H,20,22). The largest absolute Gasteiger partial charge is 0.352 e. The van der Waals surface area contributed by atoms with E-state index in [4.69, 9.17) is 11.6 Å². The van der Waals surface area contributed by atoms with Crippen molar-refractivity contribution in [3.63, 3.8) is 0 Å². The van der Waals surface area contributed by atoms with Crippen molar-refractivity contribution in [2.75, 3.05) is 13.1 Å². The molecule has 5 nitrogen and oxygen atoms in total. The smallest absolute Gasteiger partial charge is 0.251 e. The maximum absolute atomic E-state index is 12.4. The summed E-state index contributed by atoms with van der Waals surface area (Å²) in [6.45, 7) is 2.74. The Balaban J connectivity index is 2.02. The van der Waals surface area contributed by atoms with E-state index >= 15 is 0 Å². The number of nitrogens with one attached hydrogen (secondary N) is 2. The van der Waals surface area contributed by atoms with Crippen LogP contribution >= 0.6 is 11.6 Å². The first-order chi connectivity index (χ1) is 11.9. The molecule has 0 aromatic heterocycles. The predicted octanol–water partition coefficient (Wildman–Crippen LogP) is 3.00. The van der Waals surface area contributed by atoms with Crippen molar-refractivity contribution in [2.45, 2.75) is 24.7 Å². The van der Waals surface area contributed by atoms with Gasteiger partial charge < -0.3 is 5.32 Å². The zero-order valence-electron chi connectivity index (χ0n) is 14.0. The van der Waals surface area contributed by atoms with Gasteiger partial charge in [-0.1, -0.05) is 36.7 Å². The van der Waals surface area contributed by atoms with E-state index in [1.807, 2.05) is 19.1 Å². The van der Waals surface area contributed by atoms with Gasteiger partial charge in [0.25, 0.3) is 5.91 Å². The first kappa shape index (κ1) is 19.4. The third kappa shape index (κ3) is 5.85. The van der Waals surface area contributed by atoms with Crippen LogP contribution in [0.5, 0.6) is 0 Å². The summed E-state index contributed by atoms with van der Waals surface area (Å²) in [7, 11) is -3.68. The molecule has 0 fully saturated rings. The van der Waals surface area contributed by atoms with Crippen molar-refractivity contribution in [2.24, 2.45) is 0 Å². The van der Waals surface area contributed by atoms with Gasteiger partial charge in [-0.2, -0.15) is 0 Å². The van der Waals surface area contributed by atoms with Crippen LogP contribution in [0.2, 0.25) is 5.02 Å². The van der Waals surface area contributed by atoms with E-state index in [1.54, 1.807) is 24.3 Å². The normalized spacial score (nSPS) is 11.3. The van der Waals surface area contributed by atoms with Crippen LogP contribution in [-0.4, -0.2) is 27.4 Å². The van der Waals surface area contributed by atoms with E-state index in [1.165, 1.54) is 12.1 Å². The van der Waals surface area contributed by atoms with Crippen LogP contribution in [0.25, 0.3) is 0 Å². The Bertz CT molecular complexity index is 838. The van der Waals surface area contributed by atoms with Gasteiger partial charge in [-0.05, 0) is 48.7 Å². The predicted molar refractivity (Wildman–Crippen MR) is 99.4 cm³/mol. The molecule has 0 spiro atoms. The molecule has 0 heterocycles. The van der Waals surface area contributed by atoms with Gasteiger partial charge >= 0.3 is 0 Å². The van der Waals surface area contributed by atoms with Crippen LogP contribution < -0.4 is 10.0 Å². The molecule has 0 saturated carbocycles. The van der Waals surface area contributed by atoms with Gasteiger partial charge in [0, 0.05) is 23.7 Å². The van der Waals surface area contributed by atoms with Gasteiger partial charge in [-0.25, -0.2) is 13.1 Å². The Morgan fingerprint density at radius 2 is 1.84 bits per heavy atom. The Kier molecular flexibility index (Phi) is 6.99. The fourth-order valence-corrected chi connectivity index (χ4v) is 3.54. The Labute approximate surface area is 153 Å². The molecule has 7 heteroatoms. The number of rotatable bonds is 8. The van der Waals surface area contributed by atoms with E-state index in [2.05, 4.69) is 10.0 Å². The third-order valence-corrected chi connectivity index (χ3v) is 5.23. The number of hydrogen-bond acceptors (Lipinski definition) is 3. The van der Waals surface area contributed by atoms with Crippen molar-refractivity contribution >= 4 is 27.5 Å². The van der Waals surface area contributed by atoms with Crippen LogP contribution in [0.4, 0.5) is 0 Å². The van der Waals surface area contributed by atoms with E-state index in [0.29, 0.717) is 23.6 Å².